The Labute approximate surface area is 171 Å². The van der Waals surface area contributed by atoms with E-state index < -0.39 is 0 Å². The Morgan fingerprint density at radius 1 is 1.13 bits per heavy atom. The van der Waals surface area contributed by atoms with Crippen molar-refractivity contribution in [3.05, 3.63) is 36.2 Å². The van der Waals surface area contributed by atoms with Gasteiger partial charge < -0.3 is 19.7 Å². The van der Waals surface area contributed by atoms with Crippen LogP contribution in [-0.4, -0.2) is 51.4 Å². The van der Waals surface area contributed by atoms with Gasteiger partial charge in [-0.1, -0.05) is 0 Å². The number of nitrogens with zero attached hydrogens (tertiary/aromatic N) is 5. The minimum atomic E-state index is -0.148. The monoisotopic (exact) mass is 408 g/mol. The molecule has 0 spiro atoms. The number of anilines is 2. The molecule has 3 aromatic rings. The highest BCUT2D eigenvalue weighted by molar-refractivity contribution is 6.05. The Morgan fingerprint density at radius 3 is 2.67 bits per heavy atom. The van der Waals surface area contributed by atoms with Crippen molar-refractivity contribution < 1.29 is 19.1 Å². The van der Waals surface area contributed by atoms with Gasteiger partial charge in [-0.3, -0.25) is 9.59 Å². The third-order valence-corrected chi connectivity index (χ3v) is 5.49. The van der Waals surface area contributed by atoms with E-state index in [2.05, 4.69) is 25.5 Å². The van der Waals surface area contributed by atoms with Gasteiger partial charge in [0, 0.05) is 30.6 Å². The van der Waals surface area contributed by atoms with E-state index in [1.165, 1.54) is 6.92 Å². The van der Waals surface area contributed by atoms with Crippen LogP contribution in [0.15, 0.2) is 30.6 Å². The molecule has 30 heavy (non-hydrogen) atoms. The molecule has 0 radical (unpaired) electrons. The lowest BCUT2D eigenvalue weighted by molar-refractivity contribution is -0.120. The van der Waals surface area contributed by atoms with E-state index >= 15 is 0 Å². The number of nitrogens with one attached hydrogen (secondary N) is 1. The molecule has 1 aromatic carbocycles. The van der Waals surface area contributed by atoms with E-state index in [1.807, 2.05) is 12.1 Å². The summed E-state index contributed by atoms with van der Waals surface area (Å²) in [5, 5.41) is 15.2. The van der Waals surface area contributed by atoms with Crippen molar-refractivity contribution >= 4 is 28.8 Å². The van der Waals surface area contributed by atoms with Gasteiger partial charge in [-0.05, 0) is 38.0 Å². The van der Waals surface area contributed by atoms with E-state index in [0.717, 1.165) is 5.82 Å². The van der Waals surface area contributed by atoms with Crippen LogP contribution in [0, 0.1) is 5.92 Å². The van der Waals surface area contributed by atoms with Gasteiger partial charge in [0.05, 0.1) is 5.69 Å². The van der Waals surface area contributed by atoms with Crippen LogP contribution in [-0.2, 0) is 4.79 Å². The van der Waals surface area contributed by atoms with Gasteiger partial charge in [-0.25, -0.2) is 0 Å². The molecule has 10 nitrogen and oxygen atoms in total. The number of hydrogen-bond donors (Lipinski definition) is 1. The fraction of sp³-hybridized carbons (Fsp3) is 0.350. The molecule has 10 heteroatoms. The Morgan fingerprint density at radius 2 is 1.90 bits per heavy atom. The highest BCUT2D eigenvalue weighted by Crippen LogP contribution is 2.37. The van der Waals surface area contributed by atoms with Gasteiger partial charge in [-0.2, -0.15) is 4.52 Å². The van der Waals surface area contributed by atoms with Crippen LogP contribution in [0.1, 0.15) is 30.1 Å². The maximum Gasteiger partial charge on any atom is 0.231 e. The number of piperidine rings is 1. The molecule has 4 heterocycles. The van der Waals surface area contributed by atoms with Crippen molar-refractivity contribution in [2.75, 3.05) is 30.1 Å². The van der Waals surface area contributed by atoms with Crippen LogP contribution in [0.5, 0.6) is 11.5 Å². The van der Waals surface area contributed by atoms with Crippen molar-refractivity contribution in [2.24, 2.45) is 5.92 Å². The number of aromatic nitrogens is 4. The molecular weight excluding hydrogens is 388 g/mol. The minimum absolute atomic E-state index is 0.0989. The smallest absolute Gasteiger partial charge is 0.231 e. The molecule has 1 amide bonds. The second-order valence-corrected chi connectivity index (χ2v) is 7.38. The van der Waals surface area contributed by atoms with Crippen LogP contribution in [0.3, 0.4) is 0 Å². The topological polar surface area (TPSA) is 111 Å². The molecular formula is C20H20N6O4. The average molecular weight is 408 g/mol. The first-order valence-corrected chi connectivity index (χ1v) is 9.76. The SMILES string of the molecule is CC(=O)c1cc2c(cc1NC(=O)C1CCN(c3ccc4nncn4n3)CC1)OCO2. The summed E-state index contributed by atoms with van der Waals surface area (Å²) < 4.78 is 12.3. The molecule has 2 aromatic heterocycles. The summed E-state index contributed by atoms with van der Waals surface area (Å²) in [6, 6.07) is 7.06. The summed E-state index contributed by atoms with van der Waals surface area (Å²) in [4.78, 5) is 27.0. The second-order valence-electron chi connectivity index (χ2n) is 7.38. The molecule has 0 saturated carbocycles. The van der Waals surface area contributed by atoms with Crippen LogP contribution < -0.4 is 19.7 Å². The number of amides is 1. The lowest BCUT2D eigenvalue weighted by atomic mass is 9.95. The molecule has 0 aliphatic carbocycles. The first kappa shape index (κ1) is 18.3. The Balaban J connectivity index is 1.26. The van der Waals surface area contributed by atoms with Crippen LogP contribution >= 0.6 is 0 Å². The van der Waals surface area contributed by atoms with E-state index in [-0.39, 0.29) is 24.4 Å². The zero-order chi connectivity index (χ0) is 20.7. The van der Waals surface area contributed by atoms with Crippen molar-refractivity contribution in [2.45, 2.75) is 19.8 Å². The number of rotatable bonds is 4. The Kier molecular flexibility index (Phi) is 4.46. The summed E-state index contributed by atoms with van der Waals surface area (Å²) in [7, 11) is 0. The summed E-state index contributed by atoms with van der Waals surface area (Å²) >= 11 is 0. The predicted octanol–water partition coefficient (Wildman–Crippen LogP) is 1.91. The zero-order valence-corrected chi connectivity index (χ0v) is 16.4. The van der Waals surface area contributed by atoms with Gasteiger partial charge in [0.1, 0.15) is 12.1 Å². The van der Waals surface area contributed by atoms with Crippen LogP contribution in [0.4, 0.5) is 11.5 Å². The van der Waals surface area contributed by atoms with Crippen LogP contribution in [0.2, 0.25) is 0 Å². The van der Waals surface area contributed by atoms with Gasteiger partial charge in [0.25, 0.3) is 0 Å². The number of fused-ring (bicyclic) bond motifs is 2. The summed E-state index contributed by atoms with van der Waals surface area (Å²) in [5.74, 6) is 1.48. The van der Waals surface area contributed by atoms with Gasteiger partial charge in [0.2, 0.25) is 12.7 Å². The summed E-state index contributed by atoms with van der Waals surface area (Å²) in [5.41, 5.74) is 1.56. The molecule has 0 bridgehead atoms. The largest absolute Gasteiger partial charge is 0.454 e. The molecule has 1 N–H and O–H groups in total. The normalized spacial score (nSPS) is 16.1. The molecule has 5 rings (SSSR count). The summed E-state index contributed by atoms with van der Waals surface area (Å²) in [6.45, 7) is 2.99. The maximum absolute atomic E-state index is 12.9. The highest BCUT2D eigenvalue weighted by Gasteiger charge is 2.28. The molecule has 2 aliphatic rings. The summed E-state index contributed by atoms with van der Waals surface area (Å²) in [6.07, 6.45) is 2.94. The molecule has 2 aliphatic heterocycles. The number of carbonyl (C=O) groups is 2. The Bertz CT molecular complexity index is 1140. The lowest BCUT2D eigenvalue weighted by Gasteiger charge is -2.32. The molecule has 0 unspecified atom stereocenters. The third-order valence-electron chi connectivity index (χ3n) is 5.49. The third kappa shape index (κ3) is 3.30. The molecule has 0 atom stereocenters. The van der Waals surface area contributed by atoms with E-state index in [9.17, 15) is 9.59 Å². The first-order chi connectivity index (χ1) is 14.6. The highest BCUT2D eigenvalue weighted by atomic mass is 16.7. The molecule has 1 saturated heterocycles. The Hall–Kier alpha value is -3.69. The second kappa shape index (κ2) is 7.29. The minimum Gasteiger partial charge on any atom is -0.454 e. The zero-order valence-electron chi connectivity index (χ0n) is 16.4. The van der Waals surface area contributed by atoms with E-state index in [0.29, 0.717) is 54.3 Å². The van der Waals surface area contributed by atoms with Crippen LogP contribution in [0.25, 0.3) is 5.65 Å². The predicted molar refractivity (Wildman–Crippen MR) is 107 cm³/mol. The molecule has 154 valence electrons. The fourth-order valence-electron chi connectivity index (χ4n) is 3.83. The lowest BCUT2D eigenvalue weighted by Crippen LogP contribution is -2.38. The average Bonchev–Trinajstić information content (AvgIpc) is 3.41. The van der Waals surface area contributed by atoms with Crippen molar-refractivity contribution in [3.63, 3.8) is 0 Å². The van der Waals surface area contributed by atoms with Crippen molar-refractivity contribution in [3.8, 4) is 11.5 Å². The quantitative estimate of drug-likeness (QED) is 0.652. The van der Waals surface area contributed by atoms with Crippen molar-refractivity contribution in [1.29, 1.82) is 0 Å². The number of benzene rings is 1. The first-order valence-electron chi connectivity index (χ1n) is 9.76. The number of ether oxygens (including phenoxy) is 2. The maximum atomic E-state index is 12.9. The number of carbonyl (C=O) groups excluding carboxylic acids is 2. The van der Waals surface area contributed by atoms with Gasteiger partial charge in [0.15, 0.2) is 22.9 Å². The number of Topliss-reactive ketones (excluding diaryl/α,β-unsaturated/α-hetero) is 1. The van der Waals surface area contributed by atoms with Gasteiger partial charge >= 0.3 is 0 Å². The van der Waals surface area contributed by atoms with Gasteiger partial charge in [-0.15, -0.1) is 15.3 Å². The molecule has 1 fully saturated rings. The van der Waals surface area contributed by atoms with Crippen molar-refractivity contribution in [1.82, 2.24) is 19.8 Å². The van der Waals surface area contributed by atoms with E-state index in [4.69, 9.17) is 9.47 Å². The fourth-order valence-corrected chi connectivity index (χ4v) is 3.83. The number of hydrogen-bond acceptors (Lipinski definition) is 8. The van der Waals surface area contributed by atoms with E-state index in [1.54, 1.807) is 23.0 Å². The standard InChI is InChI=1S/C20H20N6O4/c1-12(27)14-8-16-17(30-11-29-16)9-15(14)22-20(28)13-4-6-25(7-5-13)19-3-2-18-23-21-10-26(18)24-19/h2-3,8-10,13H,4-7,11H2,1H3,(H,22,28). The number of ketones is 1.